The number of methoxy groups -OCH3 is 1. The largest absolute Gasteiger partial charge is 0.385 e. The molecule has 130 valence electrons. The van der Waals surface area contributed by atoms with E-state index in [-0.39, 0.29) is 0 Å². The molecule has 5 heteroatoms. The van der Waals surface area contributed by atoms with E-state index in [0.717, 1.165) is 51.6 Å². The molecule has 0 aliphatic rings. The van der Waals surface area contributed by atoms with Crippen molar-refractivity contribution < 1.29 is 4.74 Å². The molecule has 0 saturated carbocycles. The second-order valence-electron chi connectivity index (χ2n) is 5.81. The molecule has 0 unspecified atom stereocenters. The van der Waals surface area contributed by atoms with Crippen molar-refractivity contribution in [1.82, 2.24) is 15.5 Å². The molecular formula is C18H32N4O. The van der Waals surface area contributed by atoms with Crippen LogP contribution in [-0.2, 0) is 11.2 Å². The van der Waals surface area contributed by atoms with E-state index in [9.17, 15) is 0 Å². The van der Waals surface area contributed by atoms with Crippen molar-refractivity contribution in [3.63, 3.8) is 0 Å². The van der Waals surface area contributed by atoms with Crippen molar-refractivity contribution in [2.45, 2.75) is 19.8 Å². The second-order valence-corrected chi connectivity index (χ2v) is 5.81. The van der Waals surface area contributed by atoms with Gasteiger partial charge in [-0.3, -0.25) is 4.99 Å². The molecule has 1 rings (SSSR count). The zero-order valence-electron chi connectivity index (χ0n) is 15.1. The first-order chi connectivity index (χ1) is 11.2. The predicted molar refractivity (Wildman–Crippen MR) is 98.2 cm³/mol. The van der Waals surface area contributed by atoms with E-state index in [0.29, 0.717) is 0 Å². The van der Waals surface area contributed by atoms with Gasteiger partial charge in [0.15, 0.2) is 5.96 Å². The van der Waals surface area contributed by atoms with Gasteiger partial charge in [0.05, 0.1) is 0 Å². The minimum absolute atomic E-state index is 0.819. The lowest BCUT2D eigenvalue weighted by Crippen LogP contribution is -2.41. The molecule has 0 aromatic heterocycles. The molecule has 2 N–H and O–H groups in total. The summed E-state index contributed by atoms with van der Waals surface area (Å²) >= 11 is 0. The van der Waals surface area contributed by atoms with Crippen LogP contribution in [0.5, 0.6) is 0 Å². The van der Waals surface area contributed by atoms with Crippen LogP contribution in [0.3, 0.4) is 0 Å². The van der Waals surface area contributed by atoms with Gasteiger partial charge in [-0.05, 0) is 32.4 Å². The molecule has 0 aliphatic carbocycles. The fourth-order valence-corrected chi connectivity index (χ4v) is 2.26. The number of aliphatic imine (C=N–C) groups is 1. The zero-order valence-corrected chi connectivity index (χ0v) is 15.1. The Bertz CT molecular complexity index is 445. The molecule has 0 radical (unpaired) electrons. The molecule has 0 fully saturated rings. The molecule has 0 spiro atoms. The first-order valence-corrected chi connectivity index (χ1v) is 8.33. The van der Waals surface area contributed by atoms with Crippen LogP contribution < -0.4 is 10.6 Å². The summed E-state index contributed by atoms with van der Waals surface area (Å²) in [5.41, 5.74) is 2.64. The van der Waals surface area contributed by atoms with Gasteiger partial charge in [-0.15, -0.1) is 0 Å². The zero-order chi connectivity index (χ0) is 16.9. The Labute approximate surface area is 141 Å². The summed E-state index contributed by atoms with van der Waals surface area (Å²) in [6, 6.07) is 8.67. The molecule has 23 heavy (non-hydrogen) atoms. The van der Waals surface area contributed by atoms with Crippen molar-refractivity contribution in [1.29, 1.82) is 0 Å². The van der Waals surface area contributed by atoms with E-state index in [2.05, 4.69) is 58.8 Å². The maximum Gasteiger partial charge on any atom is 0.191 e. The number of hydrogen-bond acceptors (Lipinski definition) is 3. The minimum atomic E-state index is 0.819. The fourth-order valence-electron chi connectivity index (χ4n) is 2.26. The molecule has 5 nitrogen and oxygen atoms in total. The Morgan fingerprint density at radius 2 is 1.83 bits per heavy atom. The molecule has 0 saturated heterocycles. The number of hydrogen-bond donors (Lipinski definition) is 2. The van der Waals surface area contributed by atoms with Gasteiger partial charge in [-0.2, -0.15) is 0 Å². The number of rotatable bonds is 10. The van der Waals surface area contributed by atoms with E-state index in [1.807, 2.05) is 7.05 Å². The van der Waals surface area contributed by atoms with Crippen LogP contribution in [0.4, 0.5) is 0 Å². The topological polar surface area (TPSA) is 48.9 Å². The highest BCUT2D eigenvalue weighted by Gasteiger charge is 2.00. The van der Waals surface area contributed by atoms with Crippen LogP contribution in [0.2, 0.25) is 0 Å². The standard InChI is InChI=1S/C18H32N4O/c1-16-6-8-17(9-7-16)10-11-20-18(19-2)21-12-14-22(3)13-5-15-23-4/h6-9H,5,10-15H2,1-4H3,(H2,19,20,21). The molecule has 1 aromatic rings. The number of nitrogens with zero attached hydrogens (tertiary/aromatic N) is 2. The predicted octanol–water partition coefficient (Wildman–Crippen LogP) is 1.67. The summed E-state index contributed by atoms with van der Waals surface area (Å²) in [6.07, 6.45) is 2.06. The highest BCUT2D eigenvalue weighted by Crippen LogP contribution is 2.02. The molecule has 1 aromatic carbocycles. The van der Waals surface area contributed by atoms with Crippen LogP contribution in [0.1, 0.15) is 17.5 Å². The van der Waals surface area contributed by atoms with Crippen LogP contribution >= 0.6 is 0 Å². The van der Waals surface area contributed by atoms with Crippen LogP contribution in [-0.4, -0.2) is 64.9 Å². The van der Waals surface area contributed by atoms with E-state index >= 15 is 0 Å². The third-order valence-corrected chi connectivity index (χ3v) is 3.72. The number of ether oxygens (including phenoxy) is 1. The fraction of sp³-hybridized carbons (Fsp3) is 0.611. The van der Waals surface area contributed by atoms with Gasteiger partial charge < -0.3 is 20.3 Å². The lowest BCUT2D eigenvalue weighted by molar-refractivity contribution is 0.180. The maximum absolute atomic E-state index is 5.07. The van der Waals surface area contributed by atoms with E-state index < -0.39 is 0 Å². The van der Waals surface area contributed by atoms with Gasteiger partial charge in [0.1, 0.15) is 0 Å². The summed E-state index contributed by atoms with van der Waals surface area (Å²) in [4.78, 5) is 6.56. The number of aryl methyl sites for hydroxylation is 1. The van der Waals surface area contributed by atoms with E-state index in [1.54, 1.807) is 7.11 Å². The van der Waals surface area contributed by atoms with Crippen molar-refractivity contribution >= 4 is 5.96 Å². The highest BCUT2D eigenvalue weighted by atomic mass is 16.5. The van der Waals surface area contributed by atoms with Crippen LogP contribution in [0, 0.1) is 6.92 Å². The number of guanidine groups is 1. The highest BCUT2D eigenvalue weighted by molar-refractivity contribution is 5.79. The minimum Gasteiger partial charge on any atom is -0.385 e. The first kappa shape index (κ1) is 19.5. The Balaban J connectivity index is 2.15. The second kappa shape index (κ2) is 11.9. The third kappa shape index (κ3) is 9.21. The number of benzene rings is 1. The summed E-state index contributed by atoms with van der Waals surface area (Å²) in [5, 5.41) is 6.71. The molecule has 0 atom stereocenters. The first-order valence-electron chi connectivity index (χ1n) is 8.33. The maximum atomic E-state index is 5.07. The molecule has 0 heterocycles. The Morgan fingerprint density at radius 3 is 2.48 bits per heavy atom. The van der Waals surface area contributed by atoms with Crippen molar-refractivity contribution in [2.75, 3.05) is 54.0 Å². The quantitative estimate of drug-likeness (QED) is 0.391. The summed E-state index contributed by atoms with van der Waals surface area (Å²) in [7, 11) is 5.68. The molecule has 0 bridgehead atoms. The van der Waals surface area contributed by atoms with Crippen molar-refractivity contribution in [3.05, 3.63) is 35.4 Å². The van der Waals surface area contributed by atoms with E-state index in [1.165, 1.54) is 11.1 Å². The Morgan fingerprint density at radius 1 is 1.13 bits per heavy atom. The van der Waals surface area contributed by atoms with Gasteiger partial charge in [0, 0.05) is 46.9 Å². The van der Waals surface area contributed by atoms with Crippen molar-refractivity contribution in [2.24, 2.45) is 4.99 Å². The molecular weight excluding hydrogens is 288 g/mol. The van der Waals surface area contributed by atoms with Gasteiger partial charge in [-0.1, -0.05) is 29.8 Å². The molecule has 0 amide bonds. The van der Waals surface area contributed by atoms with E-state index in [4.69, 9.17) is 4.74 Å². The average molecular weight is 320 g/mol. The average Bonchev–Trinajstić information content (AvgIpc) is 2.55. The Hall–Kier alpha value is -1.59. The lowest BCUT2D eigenvalue weighted by atomic mass is 10.1. The van der Waals surface area contributed by atoms with Crippen molar-refractivity contribution in [3.8, 4) is 0 Å². The summed E-state index contributed by atoms with van der Waals surface area (Å²) in [5.74, 6) is 0.863. The number of nitrogens with one attached hydrogen (secondary N) is 2. The lowest BCUT2D eigenvalue weighted by Gasteiger charge is -2.18. The van der Waals surface area contributed by atoms with Gasteiger partial charge >= 0.3 is 0 Å². The number of likely N-dealkylation sites (N-methyl/N-ethyl adjacent to an activating group) is 1. The molecule has 0 aliphatic heterocycles. The van der Waals surface area contributed by atoms with Crippen LogP contribution in [0.25, 0.3) is 0 Å². The third-order valence-electron chi connectivity index (χ3n) is 3.72. The van der Waals surface area contributed by atoms with Gasteiger partial charge in [-0.25, -0.2) is 0 Å². The normalized spacial score (nSPS) is 11.8. The SMILES string of the molecule is CN=C(NCCc1ccc(C)cc1)NCCN(C)CCCOC. The van der Waals surface area contributed by atoms with Gasteiger partial charge in [0.2, 0.25) is 0 Å². The summed E-state index contributed by atoms with van der Waals surface area (Å²) in [6.45, 7) is 6.73. The summed E-state index contributed by atoms with van der Waals surface area (Å²) < 4.78 is 5.07. The monoisotopic (exact) mass is 320 g/mol. The smallest absolute Gasteiger partial charge is 0.191 e. The van der Waals surface area contributed by atoms with Gasteiger partial charge in [0.25, 0.3) is 0 Å². The van der Waals surface area contributed by atoms with Crippen LogP contribution in [0.15, 0.2) is 29.3 Å². The Kier molecular flexibility index (Phi) is 10.1.